The first kappa shape index (κ1) is 12.7. The summed E-state index contributed by atoms with van der Waals surface area (Å²) in [6, 6.07) is 4.17. The third-order valence-corrected chi connectivity index (χ3v) is 2.03. The van der Waals surface area contributed by atoms with Gasteiger partial charge in [-0.15, -0.1) is 0 Å². The molecular weight excluding hydrogens is 225 g/mol. The highest BCUT2D eigenvalue weighted by Crippen LogP contribution is 2.20. The molecule has 1 aromatic rings. The molecule has 0 fully saturated rings. The monoisotopic (exact) mass is 235 g/mol. The Morgan fingerprint density at radius 3 is 2.88 bits per heavy atom. The Morgan fingerprint density at radius 1 is 1.59 bits per heavy atom. The zero-order chi connectivity index (χ0) is 12.8. The molecule has 0 N–H and O–H groups in total. The molecule has 0 unspecified atom stereocenters. The van der Waals surface area contributed by atoms with Gasteiger partial charge in [-0.25, -0.2) is 4.39 Å². The summed E-state index contributed by atoms with van der Waals surface area (Å²) in [6.45, 7) is 1.51. The van der Waals surface area contributed by atoms with Gasteiger partial charge in [0.25, 0.3) is 0 Å². The number of azide groups is 1. The molecule has 0 aliphatic rings. The number of nitrogens with zero attached hydrogens (tertiary/aromatic N) is 3. The zero-order valence-electron chi connectivity index (χ0n) is 9.35. The molecule has 0 aromatic heterocycles. The number of rotatable bonds is 3. The molecule has 6 heteroatoms. The molecule has 88 valence electrons. The molecule has 0 atom stereocenters. The number of halogens is 1. The van der Waals surface area contributed by atoms with E-state index in [1.807, 2.05) is 0 Å². The van der Waals surface area contributed by atoms with Crippen molar-refractivity contribution in [2.75, 3.05) is 7.11 Å². The quantitative estimate of drug-likeness (QED) is 0.349. The second-order valence-corrected chi connectivity index (χ2v) is 3.22. The molecule has 0 radical (unpaired) electrons. The Bertz CT molecular complexity index is 519. The largest absolute Gasteiger partial charge is 0.494 e. The summed E-state index contributed by atoms with van der Waals surface area (Å²) in [7, 11) is 1.35. The number of carbonyl (C=O) groups is 1. The van der Waals surface area contributed by atoms with Gasteiger partial charge in [0.2, 0.25) is 5.91 Å². The fraction of sp³-hybridized carbons (Fsp3) is 0.182. The van der Waals surface area contributed by atoms with Gasteiger partial charge in [0, 0.05) is 4.91 Å². The van der Waals surface area contributed by atoms with Crippen LogP contribution in [0.4, 0.5) is 4.39 Å². The fourth-order valence-electron chi connectivity index (χ4n) is 1.20. The van der Waals surface area contributed by atoms with E-state index in [0.717, 1.165) is 0 Å². The number of benzene rings is 1. The van der Waals surface area contributed by atoms with Crippen molar-refractivity contribution in [3.63, 3.8) is 0 Å². The SMILES string of the molecule is COc1cc(/C=C(\C)C(=O)N=[N+]=[N-])ccc1F. The number of hydrogen-bond donors (Lipinski definition) is 0. The van der Waals surface area contributed by atoms with E-state index in [-0.39, 0.29) is 11.3 Å². The van der Waals surface area contributed by atoms with Gasteiger partial charge < -0.3 is 4.74 Å². The molecule has 0 aliphatic carbocycles. The molecule has 0 saturated carbocycles. The lowest BCUT2D eigenvalue weighted by molar-refractivity contribution is -0.114. The lowest BCUT2D eigenvalue weighted by atomic mass is 10.1. The average Bonchev–Trinajstić information content (AvgIpc) is 2.31. The number of ether oxygens (including phenoxy) is 1. The molecule has 0 aliphatic heterocycles. The molecule has 17 heavy (non-hydrogen) atoms. The van der Waals surface area contributed by atoms with E-state index in [1.165, 1.54) is 38.3 Å². The Balaban J connectivity index is 3.06. The number of methoxy groups -OCH3 is 1. The summed E-state index contributed by atoms with van der Waals surface area (Å²) in [5.74, 6) is -1.07. The first-order valence-corrected chi connectivity index (χ1v) is 4.69. The predicted molar refractivity (Wildman–Crippen MR) is 60.8 cm³/mol. The normalized spacial score (nSPS) is 10.6. The van der Waals surface area contributed by atoms with Crippen LogP contribution in [0.2, 0.25) is 0 Å². The summed E-state index contributed by atoms with van der Waals surface area (Å²) >= 11 is 0. The van der Waals surface area contributed by atoms with Crippen LogP contribution < -0.4 is 4.74 Å². The lowest BCUT2D eigenvalue weighted by Crippen LogP contribution is -1.93. The van der Waals surface area contributed by atoms with E-state index in [0.29, 0.717) is 5.56 Å². The average molecular weight is 235 g/mol. The topological polar surface area (TPSA) is 75.1 Å². The van der Waals surface area contributed by atoms with Crippen molar-refractivity contribution < 1.29 is 13.9 Å². The summed E-state index contributed by atoms with van der Waals surface area (Å²) < 4.78 is 17.9. The molecule has 1 amide bonds. The van der Waals surface area contributed by atoms with Gasteiger partial charge in [0.05, 0.1) is 7.11 Å². The van der Waals surface area contributed by atoms with Gasteiger partial charge >= 0.3 is 0 Å². The van der Waals surface area contributed by atoms with Crippen molar-refractivity contribution in [1.29, 1.82) is 0 Å². The van der Waals surface area contributed by atoms with Gasteiger partial charge in [-0.1, -0.05) is 6.07 Å². The third-order valence-electron chi connectivity index (χ3n) is 2.03. The van der Waals surface area contributed by atoms with E-state index in [2.05, 4.69) is 10.0 Å². The van der Waals surface area contributed by atoms with Gasteiger partial charge in [-0.3, -0.25) is 4.79 Å². The lowest BCUT2D eigenvalue weighted by Gasteiger charge is -2.03. The minimum atomic E-state index is -0.671. The van der Waals surface area contributed by atoms with Crippen LogP contribution in [0.3, 0.4) is 0 Å². The maximum absolute atomic E-state index is 13.1. The Hall–Kier alpha value is -2.33. The minimum Gasteiger partial charge on any atom is -0.494 e. The smallest absolute Gasteiger partial charge is 0.244 e. The summed E-state index contributed by atoms with van der Waals surface area (Å²) in [6.07, 6.45) is 1.49. The first-order valence-electron chi connectivity index (χ1n) is 4.69. The van der Waals surface area contributed by atoms with E-state index in [9.17, 15) is 9.18 Å². The molecule has 1 aromatic carbocycles. The standard InChI is InChI=1S/C11H10FN3O2/c1-7(11(16)14-15-13)5-8-3-4-9(12)10(6-8)17-2/h3-6H,1-2H3/b7-5+. The van der Waals surface area contributed by atoms with Crippen LogP contribution in [-0.4, -0.2) is 13.0 Å². The van der Waals surface area contributed by atoms with Crippen molar-refractivity contribution in [3.05, 3.63) is 45.6 Å². The van der Waals surface area contributed by atoms with Gasteiger partial charge in [0.1, 0.15) is 0 Å². The van der Waals surface area contributed by atoms with Crippen molar-refractivity contribution in [2.24, 2.45) is 5.11 Å². The maximum atomic E-state index is 13.1. The Labute approximate surface area is 97.1 Å². The van der Waals surface area contributed by atoms with Crippen molar-refractivity contribution in [2.45, 2.75) is 6.92 Å². The van der Waals surface area contributed by atoms with E-state index < -0.39 is 11.7 Å². The fourth-order valence-corrected chi connectivity index (χ4v) is 1.20. The molecular formula is C11H10FN3O2. The predicted octanol–water partition coefficient (Wildman–Crippen LogP) is 3.07. The number of amides is 1. The van der Waals surface area contributed by atoms with Gasteiger partial charge in [0.15, 0.2) is 11.6 Å². The van der Waals surface area contributed by atoms with E-state index in [4.69, 9.17) is 10.3 Å². The third kappa shape index (κ3) is 3.32. The van der Waals surface area contributed by atoms with Gasteiger partial charge in [-0.05, 0) is 46.9 Å². The summed E-state index contributed by atoms with van der Waals surface area (Å²) in [4.78, 5) is 13.6. The second kappa shape index (κ2) is 5.67. The van der Waals surface area contributed by atoms with Crippen LogP contribution in [0.25, 0.3) is 16.5 Å². The van der Waals surface area contributed by atoms with Crippen molar-refractivity contribution in [1.82, 2.24) is 0 Å². The van der Waals surface area contributed by atoms with Crippen LogP contribution in [0.5, 0.6) is 5.75 Å². The molecule has 5 nitrogen and oxygen atoms in total. The summed E-state index contributed by atoms with van der Waals surface area (Å²) in [5, 5.41) is 2.95. The van der Waals surface area contributed by atoms with Gasteiger partial charge in [-0.2, -0.15) is 0 Å². The van der Waals surface area contributed by atoms with Crippen LogP contribution in [0.1, 0.15) is 12.5 Å². The van der Waals surface area contributed by atoms with Crippen molar-refractivity contribution in [3.8, 4) is 5.75 Å². The maximum Gasteiger partial charge on any atom is 0.244 e. The van der Waals surface area contributed by atoms with Crippen LogP contribution in [0, 0.1) is 5.82 Å². The molecule has 0 heterocycles. The van der Waals surface area contributed by atoms with E-state index >= 15 is 0 Å². The highest BCUT2D eigenvalue weighted by atomic mass is 19.1. The first-order chi connectivity index (χ1) is 8.08. The van der Waals surface area contributed by atoms with Crippen LogP contribution >= 0.6 is 0 Å². The highest BCUT2D eigenvalue weighted by Gasteiger charge is 2.04. The Morgan fingerprint density at radius 2 is 2.29 bits per heavy atom. The highest BCUT2D eigenvalue weighted by molar-refractivity contribution is 5.97. The molecule has 0 spiro atoms. The molecule has 0 bridgehead atoms. The van der Waals surface area contributed by atoms with Crippen LogP contribution in [0.15, 0.2) is 28.9 Å². The van der Waals surface area contributed by atoms with Crippen molar-refractivity contribution >= 4 is 12.0 Å². The molecule has 0 saturated heterocycles. The Kier molecular flexibility index (Phi) is 4.25. The minimum absolute atomic E-state index is 0.0859. The number of hydrogen-bond acceptors (Lipinski definition) is 2. The zero-order valence-corrected chi connectivity index (χ0v) is 9.35. The number of carbonyl (C=O) groups excluding carboxylic acids is 1. The van der Waals surface area contributed by atoms with Crippen LogP contribution in [-0.2, 0) is 4.79 Å². The molecule has 1 rings (SSSR count). The van der Waals surface area contributed by atoms with E-state index in [1.54, 1.807) is 0 Å². The second-order valence-electron chi connectivity index (χ2n) is 3.22. The summed E-state index contributed by atoms with van der Waals surface area (Å²) in [5.41, 5.74) is 8.96.